The van der Waals surface area contributed by atoms with Gasteiger partial charge in [0.15, 0.2) is 0 Å². The summed E-state index contributed by atoms with van der Waals surface area (Å²) in [5.74, 6) is 1.32. The van der Waals surface area contributed by atoms with Crippen LogP contribution in [0.5, 0.6) is 0 Å². The second-order valence-corrected chi connectivity index (χ2v) is 5.94. The van der Waals surface area contributed by atoms with Crippen molar-refractivity contribution in [1.29, 1.82) is 0 Å². The van der Waals surface area contributed by atoms with E-state index in [1.807, 2.05) is 30.3 Å². The molecule has 22 heavy (non-hydrogen) atoms. The maximum atomic E-state index is 12.1. The zero-order valence-electron chi connectivity index (χ0n) is 13.9. The molecule has 1 aromatic rings. The van der Waals surface area contributed by atoms with Gasteiger partial charge >= 0.3 is 0 Å². The van der Waals surface area contributed by atoms with Crippen molar-refractivity contribution in [3.63, 3.8) is 0 Å². The number of carbonyl (C=O) groups is 1. The van der Waals surface area contributed by atoms with Crippen LogP contribution in [0.3, 0.4) is 0 Å². The van der Waals surface area contributed by atoms with E-state index in [2.05, 4.69) is 27.8 Å². The highest BCUT2D eigenvalue weighted by Crippen LogP contribution is 2.12. The third-order valence-corrected chi connectivity index (χ3v) is 4.26. The quantitative estimate of drug-likeness (QED) is 0.771. The second kappa shape index (κ2) is 8.73. The van der Waals surface area contributed by atoms with Crippen molar-refractivity contribution in [2.75, 3.05) is 51.2 Å². The zero-order chi connectivity index (χ0) is 15.8. The third kappa shape index (κ3) is 4.98. The summed E-state index contributed by atoms with van der Waals surface area (Å²) < 4.78 is 0. The average Bonchev–Trinajstić information content (AvgIpc) is 2.58. The maximum absolute atomic E-state index is 12.1. The fraction of sp³-hybridized carbons (Fsp3) is 0.647. The van der Waals surface area contributed by atoms with E-state index in [9.17, 15) is 4.79 Å². The van der Waals surface area contributed by atoms with E-state index >= 15 is 0 Å². The van der Waals surface area contributed by atoms with Gasteiger partial charge < -0.3 is 9.80 Å². The van der Waals surface area contributed by atoms with Crippen LogP contribution in [-0.4, -0.2) is 67.0 Å². The lowest BCUT2D eigenvalue weighted by Gasteiger charge is -2.35. The first-order valence-corrected chi connectivity index (χ1v) is 8.33. The predicted octanol–water partition coefficient (Wildman–Crippen LogP) is 1.85. The first-order chi connectivity index (χ1) is 10.7. The lowest BCUT2D eigenvalue weighted by atomic mass is 10.2. The molecule has 1 fully saturated rings. The van der Waals surface area contributed by atoms with E-state index < -0.39 is 0 Å². The highest BCUT2D eigenvalue weighted by molar-refractivity contribution is 5.76. The minimum absolute atomic E-state index is 0.264. The van der Waals surface area contributed by atoms with E-state index in [0.717, 1.165) is 57.9 Å². The first kappa shape index (κ1) is 16.7. The van der Waals surface area contributed by atoms with Crippen LogP contribution in [0.2, 0.25) is 0 Å². The van der Waals surface area contributed by atoms with Crippen LogP contribution < -0.4 is 4.90 Å². The summed E-state index contributed by atoms with van der Waals surface area (Å²) in [5.41, 5.74) is 0. The molecule has 1 aliphatic rings. The SMILES string of the molecule is CCCCN(C)C(=O)CCN1CCN(c2ccccn2)CC1. The van der Waals surface area contributed by atoms with Gasteiger partial charge in [0.25, 0.3) is 0 Å². The Balaban J connectivity index is 1.68. The van der Waals surface area contributed by atoms with Crippen LogP contribution in [0.25, 0.3) is 0 Å². The standard InChI is InChI=1S/C17H28N4O/c1-3-4-10-19(2)17(22)8-11-20-12-14-21(15-13-20)16-7-5-6-9-18-16/h5-7,9H,3-4,8,10-15H2,1-2H3. The topological polar surface area (TPSA) is 39.7 Å². The van der Waals surface area contributed by atoms with Crippen molar-refractivity contribution in [2.24, 2.45) is 0 Å². The van der Waals surface area contributed by atoms with E-state index in [1.165, 1.54) is 0 Å². The molecule has 0 aliphatic carbocycles. The minimum atomic E-state index is 0.264. The number of nitrogens with zero attached hydrogens (tertiary/aromatic N) is 4. The molecule has 0 unspecified atom stereocenters. The fourth-order valence-electron chi connectivity index (χ4n) is 2.71. The molecule has 0 bridgehead atoms. The Morgan fingerprint density at radius 2 is 2.05 bits per heavy atom. The van der Waals surface area contributed by atoms with Crippen molar-refractivity contribution in [1.82, 2.24) is 14.8 Å². The van der Waals surface area contributed by atoms with Crippen LogP contribution in [0, 0.1) is 0 Å². The molecule has 1 saturated heterocycles. The normalized spacial score (nSPS) is 15.8. The summed E-state index contributed by atoms with van der Waals surface area (Å²) in [4.78, 5) is 23.0. The van der Waals surface area contributed by atoms with E-state index in [-0.39, 0.29) is 5.91 Å². The average molecular weight is 304 g/mol. The molecule has 2 heterocycles. The Morgan fingerprint density at radius 3 is 2.68 bits per heavy atom. The molecule has 0 saturated carbocycles. The van der Waals surface area contributed by atoms with Gasteiger partial charge in [-0.3, -0.25) is 9.69 Å². The lowest BCUT2D eigenvalue weighted by molar-refractivity contribution is -0.130. The van der Waals surface area contributed by atoms with Gasteiger partial charge in [-0.15, -0.1) is 0 Å². The van der Waals surface area contributed by atoms with E-state index in [4.69, 9.17) is 0 Å². The molecule has 1 aliphatic heterocycles. The van der Waals surface area contributed by atoms with Crippen molar-refractivity contribution >= 4 is 11.7 Å². The van der Waals surface area contributed by atoms with E-state index in [1.54, 1.807) is 0 Å². The number of pyridine rings is 1. The predicted molar refractivity (Wildman–Crippen MR) is 90.1 cm³/mol. The molecular weight excluding hydrogens is 276 g/mol. The number of hydrogen-bond acceptors (Lipinski definition) is 4. The summed E-state index contributed by atoms with van der Waals surface area (Å²) in [6.07, 6.45) is 4.69. The molecular formula is C17H28N4O. The highest BCUT2D eigenvalue weighted by Gasteiger charge is 2.18. The van der Waals surface area contributed by atoms with Gasteiger partial charge in [0.2, 0.25) is 5.91 Å². The number of aromatic nitrogens is 1. The number of anilines is 1. The molecule has 2 rings (SSSR count). The second-order valence-electron chi connectivity index (χ2n) is 5.94. The van der Waals surface area contributed by atoms with Gasteiger partial charge in [-0.1, -0.05) is 19.4 Å². The van der Waals surface area contributed by atoms with Gasteiger partial charge in [0.05, 0.1) is 0 Å². The Morgan fingerprint density at radius 1 is 1.27 bits per heavy atom. The molecule has 5 heteroatoms. The molecule has 0 atom stereocenters. The van der Waals surface area contributed by atoms with Gasteiger partial charge in [-0.2, -0.15) is 0 Å². The molecule has 1 aromatic heterocycles. The Labute approximate surface area is 133 Å². The largest absolute Gasteiger partial charge is 0.354 e. The summed E-state index contributed by atoms with van der Waals surface area (Å²) in [6.45, 7) is 7.87. The van der Waals surface area contributed by atoms with Gasteiger partial charge in [0.1, 0.15) is 5.82 Å². The lowest BCUT2D eigenvalue weighted by Crippen LogP contribution is -2.47. The molecule has 5 nitrogen and oxygen atoms in total. The van der Waals surface area contributed by atoms with Crippen molar-refractivity contribution < 1.29 is 4.79 Å². The molecule has 1 amide bonds. The van der Waals surface area contributed by atoms with Gasteiger partial charge in [-0.05, 0) is 18.6 Å². The number of unbranched alkanes of at least 4 members (excludes halogenated alkanes) is 1. The van der Waals surface area contributed by atoms with E-state index in [0.29, 0.717) is 6.42 Å². The number of hydrogen-bond donors (Lipinski definition) is 0. The maximum Gasteiger partial charge on any atom is 0.223 e. The number of piperazine rings is 1. The first-order valence-electron chi connectivity index (χ1n) is 8.33. The number of amides is 1. The van der Waals surface area contributed by atoms with Gasteiger partial charge in [0, 0.05) is 58.9 Å². The smallest absolute Gasteiger partial charge is 0.223 e. The summed E-state index contributed by atoms with van der Waals surface area (Å²) in [5, 5.41) is 0. The minimum Gasteiger partial charge on any atom is -0.354 e. The van der Waals surface area contributed by atoms with Gasteiger partial charge in [-0.25, -0.2) is 4.98 Å². The Bertz CT molecular complexity index is 443. The van der Waals surface area contributed by atoms with Crippen LogP contribution >= 0.6 is 0 Å². The Kier molecular flexibility index (Phi) is 6.65. The summed E-state index contributed by atoms with van der Waals surface area (Å²) in [7, 11) is 1.91. The molecule has 0 radical (unpaired) electrons. The van der Waals surface area contributed by atoms with Crippen molar-refractivity contribution in [3.8, 4) is 0 Å². The van der Waals surface area contributed by atoms with Crippen LogP contribution in [0.1, 0.15) is 26.2 Å². The Hall–Kier alpha value is -1.62. The fourth-order valence-corrected chi connectivity index (χ4v) is 2.71. The van der Waals surface area contributed by atoms with Crippen LogP contribution in [0.4, 0.5) is 5.82 Å². The molecule has 0 aromatic carbocycles. The highest BCUT2D eigenvalue weighted by atomic mass is 16.2. The molecule has 0 N–H and O–H groups in total. The number of rotatable bonds is 7. The summed E-state index contributed by atoms with van der Waals surface area (Å²) in [6, 6.07) is 6.03. The summed E-state index contributed by atoms with van der Waals surface area (Å²) >= 11 is 0. The van der Waals surface area contributed by atoms with Crippen molar-refractivity contribution in [3.05, 3.63) is 24.4 Å². The van der Waals surface area contributed by atoms with Crippen LogP contribution in [0.15, 0.2) is 24.4 Å². The van der Waals surface area contributed by atoms with Crippen molar-refractivity contribution in [2.45, 2.75) is 26.2 Å². The zero-order valence-corrected chi connectivity index (χ0v) is 13.9. The number of carbonyl (C=O) groups excluding carboxylic acids is 1. The van der Waals surface area contributed by atoms with Crippen LogP contribution in [-0.2, 0) is 4.79 Å². The third-order valence-electron chi connectivity index (χ3n) is 4.26. The molecule has 122 valence electrons. The molecule has 0 spiro atoms. The monoisotopic (exact) mass is 304 g/mol.